The molecular weight excluding hydrogens is 262 g/mol. The van der Waals surface area contributed by atoms with Gasteiger partial charge in [0.1, 0.15) is 6.61 Å². The second-order valence-electron chi connectivity index (χ2n) is 3.91. The average molecular weight is 278 g/mol. The zero-order valence-electron chi connectivity index (χ0n) is 10.7. The van der Waals surface area contributed by atoms with Crippen LogP contribution in [0.4, 0.5) is 5.69 Å². The predicted molar refractivity (Wildman–Crippen MR) is 78.4 cm³/mol. The Hall–Kier alpha value is -1.87. The number of benzene rings is 2. The minimum atomic E-state index is 0.533. The molecule has 0 saturated heterocycles. The number of rotatable bonds is 6. The van der Waals surface area contributed by atoms with Gasteiger partial charge in [-0.15, -0.1) is 0 Å². The Kier molecular flexibility index (Phi) is 4.93. The van der Waals surface area contributed by atoms with Crippen molar-refractivity contribution in [1.29, 1.82) is 0 Å². The maximum Gasteiger partial charge on any atom is 0.161 e. The number of hydrogen-bond donors (Lipinski definition) is 1. The minimum Gasteiger partial charge on any atom is -0.493 e. The van der Waals surface area contributed by atoms with Crippen molar-refractivity contribution < 1.29 is 9.47 Å². The van der Waals surface area contributed by atoms with Crippen LogP contribution in [0.1, 0.15) is 0 Å². The molecule has 2 aromatic rings. The van der Waals surface area contributed by atoms with Crippen molar-refractivity contribution in [3.8, 4) is 11.5 Å². The Morgan fingerprint density at radius 3 is 2.42 bits per heavy atom. The number of hydrogen-bond acceptors (Lipinski definition) is 3. The van der Waals surface area contributed by atoms with Gasteiger partial charge in [-0.2, -0.15) is 0 Å². The first kappa shape index (κ1) is 13.6. The van der Waals surface area contributed by atoms with E-state index in [1.54, 1.807) is 7.11 Å². The monoisotopic (exact) mass is 277 g/mol. The molecule has 0 amide bonds. The summed E-state index contributed by atoms with van der Waals surface area (Å²) in [4.78, 5) is 0. The highest BCUT2D eigenvalue weighted by atomic mass is 35.5. The molecule has 0 radical (unpaired) electrons. The van der Waals surface area contributed by atoms with Crippen LogP contribution in [-0.2, 0) is 0 Å². The normalized spacial score (nSPS) is 10.0. The van der Waals surface area contributed by atoms with E-state index in [0.717, 1.165) is 17.2 Å². The van der Waals surface area contributed by atoms with E-state index in [2.05, 4.69) is 5.32 Å². The van der Waals surface area contributed by atoms with E-state index in [1.807, 2.05) is 48.5 Å². The molecule has 0 bridgehead atoms. The standard InChI is InChI=1S/C15H16ClNO2/c1-18-14-8-4-5-9-15(14)19-11-10-17-13-7-3-2-6-12(13)16/h2-9,17H,10-11H2,1H3. The lowest BCUT2D eigenvalue weighted by molar-refractivity contribution is 0.306. The van der Waals surface area contributed by atoms with Crippen molar-refractivity contribution in [3.63, 3.8) is 0 Å². The highest BCUT2D eigenvalue weighted by Gasteiger charge is 2.02. The van der Waals surface area contributed by atoms with Gasteiger partial charge >= 0.3 is 0 Å². The Bertz CT molecular complexity index is 531. The van der Waals surface area contributed by atoms with Crippen molar-refractivity contribution in [2.45, 2.75) is 0 Å². The molecule has 0 atom stereocenters. The van der Waals surface area contributed by atoms with E-state index >= 15 is 0 Å². The third-order valence-electron chi connectivity index (χ3n) is 2.62. The molecule has 0 unspecified atom stereocenters. The van der Waals surface area contributed by atoms with Crippen molar-refractivity contribution >= 4 is 17.3 Å². The number of ether oxygens (including phenoxy) is 2. The van der Waals surface area contributed by atoms with Crippen LogP contribution in [0.3, 0.4) is 0 Å². The summed E-state index contributed by atoms with van der Waals surface area (Å²) in [5, 5.41) is 3.93. The van der Waals surface area contributed by atoms with Crippen LogP contribution in [0.15, 0.2) is 48.5 Å². The summed E-state index contributed by atoms with van der Waals surface area (Å²) >= 11 is 6.04. The van der Waals surface area contributed by atoms with Gasteiger partial charge in [0, 0.05) is 6.54 Å². The average Bonchev–Trinajstić information content (AvgIpc) is 2.45. The van der Waals surface area contributed by atoms with Gasteiger partial charge < -0.3 is 14.8 Å². The summed E-state index contributed by atoms with van der Waals surface area (Å²) in [6.45, 7) is 1.20. The zero-order chi connectivity index (χ0) is 13.5. The molecule has 0 aliphatic carbocycles. The van der Waals surface area contributed by atoms with E-state index in [9.17, 15) is 0 Å². The summed E-state index contributed by atoms with van der Waals surface area (Å²) in [6, 6.07) is 15.2. The smallest absolute Gasteiger partial charge is 0.161 e. The van der Waals surface area contributed by atoms with Crippen LogP contribution < -0.4 is 14.8 Å². The maximum atomic E-state index is 6.04. The molecular formula is C15H16ClNO2. The number of para-hydroxylation sites is 3. The number of nitrogens with one attached hydrogen (secondary N) is 1. The maximum absolute atomic E-state index is 6.04. The molecule has 4 heteroatoms. The molecule has 3 nitrogen and oxygen atoms in total. The van der Waals surface area contributed by atoms with Crippen molar-refractivity contribution in [2.75, 3.05) is 25.6 Å². The van der Waals surface area contributed by atoms with Crippen LogP contribution in [0.5, 0.6) is 11.5 Å². The lowest BCUT2D eigenvalue weighted by Gasteiger charge is -2.11. The third-order valence-corrected chi connectivity index (χ3v) is 2.95. The molecule has 2 aromatic carbocycles. The van der Waals surface area contributed by atoms with Gasteiger partial charge in [-0.1, -0.05) is 35.9 Å². The van der Waals surface area contributed by atoms with E-state index in [-0.39, 0.29) is 0 Å². The molecule has 1 N–H and O–H groups in total. The summed E-state index contributed by atoms with van der Waals surface area (Å²) < 4.78 is 10.9. The summed E-state index contributed by atoms with van der Waals surface area (Å²) in [7, 11) is 1.63. The van der Waals surface area contributed by atoms with Crippen LogP contribution in [0, 0.1) is 0 Å². The number of halogens is 1. The Balaban J connectivity index is 1.83. The molecule has 0 heterocycles. The van der Waals surface area contributed by atoms with E-state index in [1.165, 1.54) is 0 Å². The molecule has 0 saturated carbocycles. The van der Waals surface area contributed by atoms with Crippen molar-refractivity contribution in [1.82, 2.24) is 0 Å². The minimum absolute atomic E-state index is 0.533. The van der Waals surface area contributed by atoms with Crippen LogP contribution >= 0.6 is 11.6 Å². The molecule has 2 rings (SSSR count). The summed E-state index contributed by atoms with van der Waals surface area (Å²) in [6.07, 6.45) is 0. The van der Waals surface area contributed by atoms with Crippen molar-refractivity contribution in [2.24, 2.45) is 0 Å². The highest BCUT2D eigenvalue weighted by molar-refractivity contribution is 6.33. The molecule has 0 fully saturated rings. The van der Waals surface area contributed by atoms with E-state index < -0.39 is 0 Å². The Morgan fingerprint density at radius 1 is 1.00 bits per heavy atom. The van der Waals surface area contributed by atoms with Gasteiger partial charge in [-0.25, -0.2) is 0 Å². The van der Waals surface area contributed by atoms with E-state index in [0.29, 0.717) is 18.2 Å². The molecule has 0 aliphatic heterocycles. The van der Waals surface area contributed by atoms with Gasteiger partial charge in [0.15, 0.2) is 11.5 Å². The molecule has 0 spiro atoms. The SMILES string of the molecule is COc1ccccc1OCCNc1ccccc1Cl. The predicted octanol–water partition coefficient (Wildman–Crippen LogP) is 3.84. The first-order valence-corrected chi connectivity index (χ1v) is 6.43. The van der Waals surface area contributed by atoms with Crippen molar-refractivity contribution in [3.05, 3.63) is 53.6 Å². The lowest BCUT2D eigenvalue weighted by atomic mass is 10.3. The Labute approximate surface area is 118 Å². The first-order valence-electron chi connectivity index (χ1n) is 6.05. The molecule has 0 aliphatic rings. The van der Waals surface area contributed by atoms with Crippen LogP contribution in [0.2, 0.25) is 5.02 Å². The molecule has 100 valence electrons. The second kappa shape index (κ2) is 6.90. The third kappa shape index (κ3) is 3.80. The quantitative estimate of drug-likeness (QED) is 0.814. The van der Waals surface area contributed by atoms with Gasteiger partial charge in [0.25, 0.3) is 0 Å². The van der Waals surface area contributed by atoms with Gasteiger partial charge in [0.2, 0.25) is 0 Å². The fourth-order valence-corrected chi connectivity index (χ4v) is 1.89. The number of anilines is 1. The second-order valence-corrected chi connectivity index (χ2v) is 4.31. The zero-order valence-corrected chi connectivity index (χ0v) is 11.5. The molecule has 19 heavy (non-hydrogen) atoms. The van der Waals surface area contributed by atoms with Gasteiger partial charge in [-0.05, 0) is 24.3 Å². The van der Waals surface area contributed by atoms with Crippen LogP contribution in [-0.4, -0.2) is 20.3 Å². The number of methoxy groups -OCH3 is 1. The first-order chi connectivity index (χ1) is 9.31. The van der Waals surface area contributed by atoms with Gasteiger partial charge in [0.05, 0.1) is 17.8 Å². The van der Waals surface area contributed by atoms with Gasteiger partial charge in [-0.3, -0.25) is 0 Å². The fourth-order valence-electron chi connectivity index (χ4n) is 1.69. The summed E-state index contributed by atoms with van der Waals surface area (Å²) in [5.41, 5.74) is 0.910. The topological polar surface area (TPSA) is 30.5 Å². The Morgan fingerprint density at radius 2 is 1.68 bits per heavy atom. The summed E-state index contributed by atoms with van der Waals surface area (Å²) in [5.74, 6) is 1.48. The fraction of sp³-hybridized carbons (Fsp3) is 0.200. The van der Waals surface area contributed by atoms with E-state index in [4.69, 9.17) is 21.1 Å². The molecule has 0 aromatic heterocycles. The largest absolute Gasteiger partial charge is 0.493 e. The highest BCUT2D eigenvalue weighted by Crippen LogP contribution is 2.25. The van der Waals surface area contributed by atoms with Crippen LogP contribution in [0.25, 0.3) is 0 Å². The lowest BCUT2D eigenvalue weighted by Crippen LogP contribution is -2.12.